The van der Waals surface area contributed by atoms with Crippen molar-refractivity contribution in [2.45, 2.75) is 57.2 Å². The number of unbranched alkanes of at least 4 members (excludes halogenated alkanes) is 1. The van der Waals surface area contributed by atoms with E-state index < -0.39 is 5.97 Å². The van der Waals surface area contributed by atoms with Crippen molar-refractivity contribution < 1.29 is 19.4 Å². The van der Waals surface area contributed by atoms with Crippen LogP contribution in [0, 0.1) is 11.8 Å². The number of carbonyl (C=O) groups is 2. The van der Waals surface area contributed by atoms with Gasteiger partial charge in [-0.05, 0) is 49.7 Å². The van der Waals surface area contributed by atoms with Crippen molar-refractivity contribution in [2.24, 2.45) is 11.8 Å². The van der Waals surface area contributed by atoms with E-state index in [1.807, 2.05) is 24.3 Å². The molecule has 0 radical (unpaired) electrons. The standard InChI is InChI=1S/C28H34N2O4S/c31-27(18-29-24-16-20(35)12-13-21(24)19-8-4-3-5-9-19)30-17-23-22(25-14-15-26(23)34-25)10-6-1-2-7-11-28(32)33/h1,3-6,8-9,13,16,22-23,25-26,29H,2,7,10-12,14-15,17-18H2,(H,30,31)(H,32,33)/b6-1-/t22-,23+,25-,26+/m1/s1. The Labute approximate surface area is 212 Å². The zero-order chi connectivity index (χ0) is 24.6. The van der Waals surface area contributed by atoms with Crippen molar-refractivity contribution >= 4 is 34.5 Å². The Morgan fingerprint density at radius 3 is 2.66 bits per heavy atom. The number of carboxylic acids is 1. The van der Waals surface area contributed by atoms with Gasteiger partial charge >= 0.3 is 5.97 Å². The SMILES string of the molecule is O=C(O)CCC/C=C\C[C@@H]1[C@H](CNC(=O)CNC2=CC(=S)CC=C2c2ccccc2)[C@@H]2CC[C@H]1O2. The van der Waals surface area contributed by atoms with Crippen LogP contribution in [0.2, 0.25) is 0 Å². The molecule has 4 rings (SSSR count). The number of hydrogen-bond donors (Lipinski definition) is 3. The van der Waals surface area contributed by atoms with Crippen LogP contribution in [0.5, 0.6) is 0 Å². The van der Waals surface area contributed by atoms with Crippen LogP contribution in [0.3, 0.4) is 0 Å². The van der Waals surface area contributed by atoms with Gasteiger partial charge in [0.05, 0.1) is 18.8 Å². The topological polar surface area (TPSA) is 87.7 Å². The Hall–Kier alpha value is -2.77. The van der Waals surface area contributed by atoms with Crippen LogP contribution >= 0.6 is 12.2 Å². The van der Waals surface area contributed by atoms with Crippen molar-refractivity contribution in [3.8, 4) is 0 Å². The zero-order valence-corrected chi connectivity index (χ0v) is 20.8. The van der Waals surface area contributed by atoms with E-state index in [-0.39, 0.29) is 31.1 Å². The van der Waals surface area contributed by atoms with Gasteiger partial charge in [0.15, 0.2) is 0 Å². The number of allylic oxidation sites excluding steroid dienone is 5. The Balaban J connectivity index is 1.26. The van der Waals surface area contributed by atoms with Gasteiger partial charge in [0, 0.05) is 41.4 Å². The molecule has 2 saturated heterocycles. The van der Waals surface area contributed by atoms with Crippen LogP contribution in [0.15, 0.2) is 60.3 Å². The van der Waals surface area contributed by atoms with Gasteiger partial charge in [0.1, 0.15) is 0 Å². The molecule has 0 saturated carbocycles. The highest BCUT2D eigenvalue weighted by molar-refractivity contribution is 7.80. The maximum atomic E-state index is 12.7. The van der Waals surface area contributed by atoms with E-state index in [2.05, 4.69) is 41.0 Å². The predicted octanol–water partition coefficient (Wildman–Crippen LogP) is 4.43. The van der Waals surface area contributed by atoms with E-state index in [4.69, 9.17) is 22.1 Å². The van der Waals surface area contributed by atoms with E-state index in [0.717, 1.165) is 53.8 Å². The van der Waals surface area contributed by atoms with E-state index in [1.54, 1.807) is 0 Å². The molecule has 2 fully saturated rings. The third-order valence-corrected chi connectivity index (χ3v) is 7.37. The van der Waals surface area contributed by atoms with Crippen molar-refractivity contribution in [2.75, 3.05) is 13.1 Å². The number of nitrogens with one attached hydrogen (secondary N) is 2. The van der Waals surface area contributed by atoms with E-state index >= 15 is 0 Å². The Morgan fingerprint density at radius 1 is 1.11 bits per heavy atom. The minimum absolute atomic E-state index is 0.0412. The molecule has 0 aromatic heterocycles. The van der Waals surface area contributed by atoms with Gasteiger partial charge in [0.25, 0.3) is 0 Å². The molecule has 186 valence electrons. The third-order valence-electron chi connectivity index (χ3n) is 7.09. The molecule has 0 unspecified atom stereocenters. The lowest BCUT2D eigenvalue weighted by Gasteiger charge is -2.27. The number of thiocarbonyl (C=S) groups is 1. The second-order valence-electron chi connectivity index (χ2n) is 9.48. The lowest BCUT2D eigenvalue weighted by molar-refractivity contribution is -0.137. The highest BCUT2D eigenvalue weighted by Crippen LogP contribution is 2.44. The first-order valence-electron chi connectivity index (χ1n) is 12.5. The molecule has 2 bridgehead atoms. The molecule has 0 spiro atoms. The minimum Gasteiger partial charge on any atom is -0.481 e. The van der Waals surface area contributed by atoms with Gasteiger partial charge in [-0.1, -0.05) is 60.8 Å². The summed E-state index contributed by atoms with van der Waals surface area (Å²) in [6.45, 7) is 0.798. The van der Waals surface area contributed by atoms with Crippen molar-refractivity contribution in [1.82, 2.24) is 10.6 Å². The Morgan fingerprint density at radius 2 is 1.89 bits per heavy atom. The van der Waals surface area contributed by atoms with Crippen molar-refractivity contribution in [3.05, 3.63) is 65.9 Å². The van der Waals surface area contributed by atoms with Crippen LogP contribution in [0.1, 0.15) is 50.5 Å². The fraction of sp³-hybridized carbons (Fsp3) is 0.464. The Kier molecular flexibility index (Phi) is 8.88. The van der Waals surface area contributed by atoms with Gasteiger partial charge in [0.2, 0.25) is 5.91 Å². The van der Waals surface area contributed by atoms with Gasteiger partial charge < -0.3 is 20.5 Å². The molecule has 1 aromatic rings. The summed E-state index contributed by atoms with van der Waals surface area (Å²) < 4.78 is 6.16. The first-order valence-corrected chi connectivity index (χ1v) is 13.0. The summed E-state index contributed by atoms with van der Waals surface area (Å²) in [5.74, 6) is -0.0908. The van der Waals surface area contributed by atoms with Crippen LogP contribution in [0.4, 0.5) is 0 Å². The summed E-state index contributed by atoms with van der Waals surface area (Å²) in [7, 11) is 0. The first kappa shape index (κ1) is 25.3. The summed E-state index contributed by atoms with van der Waals surface area (Å²) in [4.78, 5) is 24.2. The number of carboxylic acid groups (broad SMARTS) is 1. The molecule has 3 aliphatic rings. The number of carbonyl (C=O) groups excluding carboxylic acids is 1. The number of benzene rings is 1. The number of aliphatic carboxylic acids is 1. The fourth-order valence-electron chi connectivity index (χ4n) is 5.34. The van der Waals surface area contributed by atoms with E-state index in [9.17, 15) is 9.59 Å². The third kappa shape index (κ3) is 6.89. The molecular formula is C28H34N2O4S. The van der Waals surface area contributed by atoms with Crippen LogP contribution in [-0.4, -0.2) is 47.1 Å². The Bertz CT molecular complexity index is 1020. The number of ether oxygens (including phenoxy) is 1. The molecular weight excluding hydrogens is 460 g/mol. The van der Waals surface area contributed by atoms with E-state index in [1.165, 1.54) is 0 Å². The van der Waals surface area contributed by atoms with Gasteiger partial charge in [-0.3, -0.25) is 9.59 Å². The van der Waals surface area contributed by atoms with Gasteiger partial charge in [-0.2, -0.15) is 0 Å². The summed E-state index contributed by atoms with van der Waals surface area (Å²) >= 11 is 5.40. The summed E-state index contributed by atoms with van der Waals surface area (Å²) in [6, 6.07) is 10.1. The average molecular weight is 495 g/mol. The normalized spacial score (nSPS) is 25.4. The van der Waals surface area contributed by atoms with Crippen LogP contribution < -0.4 is 10.6 Å². The molecule has 2 aliphatic heterocycles. The van der Waals surface area contributed by atoms with Gasteiger partial charge in [-0.15, -0.1) is 0 Å². The van der Waals surface area contributed by atoms with Crippen LogP contribution in [0.25, 0.3) is 5.57 Å². The molecule has 1 aliphatic carbocycles. The van der Waals surface area contributed by atoms with Gasteiger partial charge in [-0.25, -0.2) is 0 Å². The molecule has 2 heterocycles. The summed E-state index contributed by atoms with van der Waals surface area (Å²) in [6.07, 6.45) is 14.2. The number of amides is 1. The largest absolute Gasteiger partial charge is 0.481 e. The molecule has 1 amide bonds. The maximum absolute atomic E-state index is 12.7. The lowest BCUT2D eigenvalue weighted by Crippen LogP contribution is -2.41. The predicted molar refractivity (Wildman–Crippen MR) is 141 cm³/mol. The second kappa shape index (κ2) is 12.3. The smallest absolute Gasteiger partial charge is 0.303 e. The molecule has 6 nitrogen and oxygen atoms in total. The molecule has 4 atom stereocenters. The first-order chi connectivity index (χ1) is 17.0. The molecule has 35 heavy (non-hydrogen) atoms. The van der Waals surface area contributed by atoms with Crippen molar-refractivity contribution in [1.29, 1.82) is 0 Å². The molecule has 1 aromatic carbocycles. The van der Waals surface area contributed by atoms with E-state index in [0.29, 0.717) is 24.8 Å². The maximum Gasteiger partial charge on any atom is 0.303 e. The monoisotopic (exact) mass is 494 g/mol. The minimum atomic E-state index is -0.750. The van der Waals surface area contributed by atoms with Crippen molar-refractivity contribution in [3.63, 3.8) is 0 Å². The summed E-state index contributed by atoms with van der Waals surface area (Å²) in [5, 5.41) is 15.2. The second-order valence-corrected chi connectivity index (χ2v) is 10.0. The summed E-state index contributed by atoms with van der Waals surface area (Å²) in [5.41, 5.74) is 3.06. The quantitative estimate of drug-likeness (QED) is 0.226. The van der Waals surface area contributed by atoms with Crippen LogP contribution in [-0.2, 0) is 14.3 Å². The average Bonchev–Trinajstić information content (AvgIpc) is 3.46. The number of fused-ring (bicyclic) bond motifs is 2. The number of rotatable bonds is 12. The molecule has 3 N–H and O–H groups in total. The lowest BCUT2D eigenvalue weighted by atomic mass is 9.77. The number of hydrogen-bond acceptors (Lipinski definition) is 5. The molecule has 7 heteroatoms. The highest BCUT2D eigenvalue weighted by atomic mass is 32.1. The highest BCUT2D eigenvalue weighted by Gasteiger charge is 2.47. The zero-order valence-electron chi connectivity index (χ0n) is 19.9. The fourth-order valence-corrected chi connectivity index (χ4v) is 5.54.